The van der Waals surface area contributed by atoms with Crippen molar-refractivity contribution in [2.45, 2.75) is 20.0 Å². The quantitative estimate of drug-likeness (QED) is 0.593. The number of ether oxygens (including phenoxy) is 2. The summed E-state index contributed by atoms with van der Waals surface area (Å²) in [6, 6.07) is 6.88. The molecule has 110 valence electrons. The summed E-state index contributed by atoms with van der Waals surface area (Å²) in [4.78, 5) is 11.8. The first-order chi connectivity index (χ1) is 9.49. The van der Waals surface area contributed by atoms with Crippen LogP contribution in [0.25, 0.3) is 0 Å². The highest BCUT2D eigenvalue weighted by molar-refractivity contribution is 6.30. The van der Waals surface area contributed by atoms with Gasteiger partial charge in [0.25, 0.3) is 5.91 Å². The smallest absolute Gasteiger partial charge is 0.260 e. The molecule has 1 atom stereocenters. The molecule has 1 aromatic rings. The summed E-state index contributed by atoms with van der Waals surface area (Å²) in [6.07, 6.45) is -0.572. The maximum Gasteiger partial charge on any atom is 0.260 e. The maximum atomic E-state index is 11.8. The standard InChI is InChI=1S/C15H20ClNO3/c1-11(2)10-19-9-8-17-15(18)12(3)20-14-6-4-13(16)5-7-14/h4-7,12H,1,8-10H2,2-3H3,(H,17,18). The van der Waals surface area contributed by atoms with Gasteiger partial charge in [0.15, 0.2) is 6.10 Å². The summed E-state index contributed by atoms with van der Waals surface area (Å²) in [6.45, 7) is 8.71. The number of halogens is 1. The van der Waals surface area contributed by atoms with Crippen molar-refractivity contribution >= 4 is 17.5 Å². The van der Waals surface area contributed by atoms with Crippen LogP contribution >= 0.6 is 11.6 Å². The number of hydrogen-bond donors (Lipinski definition) is 1. The number of nitrogens with one attached hydrogen (secondary N) is 1. The summed E-state index contributed by atoms with van der Waals surface area (Å²) in [5.41, 5.74) is 0.954. The number of hydrogen-bond acceptors (Lipinski definition) is 3. The second-order valence-electron chi connectivity index (χ2n) is 4.51. The van der Waals surface area contributed by atoms with Gasteiger partial charge >= 0.3 is 0 Å². The van der Waals surface area contributed by atoms with Crippen LogP contribution in [0.4, 0.5) is 0 Å². The van der Waals surface area contributed by atoms with Gasteiger partial charge < -0.3 is 14.8 Å². The van der Waals surface area contributed by atoms with Crippen molar-refractivity contribution in [1.29, 1.82) is 0 Å². The number of benzene rings is 1. The van der Waals surface area contributed by atoms with E-state index >= 15 is 0 Å². The highest BCUT2D eigenvalue weighted by atomic mass is 35.5. The Morgan fingerprint density at radius 2 is 2.05 bits per heavy atom. The molecule has 0 spiro atoms. The van der Waals surface area contributed by atoms with Crippen LogP contribution in [0, 0.1) is 0 Å². The lowest BCUT2D eigenvalue weighted by molar-refractivity contribution is -0.127. The van der Waals surface area contributed by atoms with E-state index in [1.54, 1.807) is 31.2 Å². The normalized spacial score (nSPS) is 11.8. The Balaban J connectivity index is 2.25. The first kappa shape index (κ1) is 16.5. The third-order valence-corrected chi connectivity index (χ3v) is 2.64. The number of carbonyl (C=O) groups excluding carboxylic acids is 1. The molecule has 4 nitrogen and oxygen atoms in total. The first-order valence-corrected chi connectivity index (χ1v) is 6.79. The van der Waals surface area contributed by atoms with Crippen molar-refractivity contribution in [3.05, 3.63) is 41.4 Å². The van der Waals surface area contributed by atoms with E-state index in [1.165, 1.54) is 0 Å². The van der Waals surface area contributed by atoms with Crippen molar-refractivity contribution < 1.29 is 14.3 Å². The summed E-state index contributed by atoms with van der Waals surface area (Å²) >= 11 is 5.78. The van der Waals surface area contributed by atoms with E-state index in [1.807, 2.05) is 6.92 Å². The zero-order chi connectivity index (χ0) is 15.0. The summed E-state index contributed by atoms with van der Waals surface area (Å²) in [5.74, 6) is 0.425. The van der Waals surface area contributed by atoms with E-state index in [4.69, 9.17) is 21.1 Å². The fourth-order valence-corrected chi connectivity index (χ4v) is 1.53. The largest absolute Gasteiger partial charge is 0.481 e. The molecule has 0 aliphatic rings. The van der Waals surface area contributed by atoms with Gasteiger partial charge in [-0.2, -0.15) is 0 Å². The lowest BCUT2D eigenvalue weighted by Crippen LogP contribution is -2.38. The second-order valence-corrected chi connectivity index (χ2v) is 4.95. The molecule has 0 fully saturated rings. The van der Waals surface area contributed by atoms with Gasteiger partial charge in [-0.05, 0) is 38.1 Å². The Morgan fingerprint density at radius 3 is 2.65 bits per heavy atom. The van der Waals surface area contributed by atoms with E-state index in [9.17, 15) is 4.79 Å². The minimum Gasteiger partial charge on any atom is -0.481 e. The van der Waals surface area contributed by atoms with Crippen LogP contribution in [-0.2, 0) is 9.53 Å². The van der Waals surface area contributed by atoms with Crippen LogP contribution in [0.5, 0.6) is 5.75 Å². The van der Waals surface area contributed by atoms with Crippen LogP contribution in [0.2, 0.25) is 5.02 Å². The summed E-state index contributed by atoms with van der Waals surface area (Å²) in [7, 11) is 0. The van der Waals surface area contributed by atoms with Gasteiger partial charge in [0.2, 0.25) is 0 Å². The van der Waals surface area contributed by atoms with Crippen molar-refractivity contribution in [3.63, 3.8) is 0 Å². The molecule has 5 heteroatoms. The zero-order valence-corrected chi connectivity index (χ0v) is 12.6. The molecular formula is C15H20ClNO3. The minimum atomic E-state index is -0.572. The topological polar surface area (TPSA) is 47.6 Å². The molecule has 20 heavy (non-hydrogen) atoms. The van der Waals surface area contributed by atoms with Crippen molar-refractivity contribution in [3.8, 4) is 5.75 Å². The van der Waals surface area contributed by atoms with Crippen LogP contribution in [-0.4, -0.2) is 31.8 Å². The van der Waals surface area contributed by atoms with Gasteiger partial charge in [-0.3, -0.25) is 4.79 Å². The van der Waals surface area contributed by atoms with E-state index in [-0.39, 0.29) is 5.91 Å². The molecule has 0 aliphatic heterocycles. The van der Waals surface area contributed by atoms with Gasteiger partial charge in [0.1, 0.15) is 5.75 Å². The zero-order valence-electron chi connectivity index (χ0n) is 11.8. The van der Waals surface area contributed by atoms with Gasteiger partial charge in [-0.15, -0.1) is 0 Å². The maximum absolute atomic E-state index is 11.8. The highest BCUT2D eigenvalue weighted by Crippen LogP contribution is 2.16. The molecular weight excluding hydrogens is 278 g/mol. The minimum absolute atomic E-state index is 0.182. The highest BCUT2D eigenvalue weighted by Gasteiger charge is 2.13. The predicted molar refractivity (Wildman–Crippen MR) is 80.2 cm³/mol. The van der Waals surface area contributed by atoms with Gasteiger partial charge in [-0.1, -0.05) is 23.8 Å². The fraction of sp³-hybridized carbons (Fsp3) is 0.400. The van der Waals surface area contributed by atoms with Crippen molar-refractivity contribution in [2.24, 2.45) is 0 Å². The van der Waals surface area contributed by atoms with Crippen LogP contribution in [0.15, 0.2) is 36.4 Å². The Morgan fingerprint density at radius 1 is 1.40 bits per heavy atom. The molecule has 0 aliphatic carbocycles. The van der Waals surface area contributed by atoms with Crippen LogP contribution in [0.3, 0.4) is 0 Å². The first-order valence-electron chi connectivity index (χ1n) is 6.41. The molecule has 0 aromatic heterocycles. The van der Waals surface area contributed by atoms with Gasteiger partial charge in [0.05, 0.1) is 13.2 Å². The molecule has 1 unspecified atom stereocenters. The molecule has 0 heterocycles. The van der Waals surface area contributed by atoms with E-state index in [0.717, 1.165) is 5.57 Å². The van der Waals surface area contributed by atoms with E-state index < -0.39 is 6.10 Å². The van der Waals surface area contributed by atoms with Crippen molar-refractivity contribution in [1.82, 2.24) is 5.32 Å². The lowest BCUT2D eigenvalue weighted by Gasteiger charge is -2.14. The van der Waals surface area contributed by atoms with Crippen LogP contribution < -0.4 is 10.1 Å². The average Bonchev–Trinajstić information content (AvgIpc) is 2.40. The third-order valence-electron chi connectivity index (χ3n) is 2.39. The second kappa shape index (κ2) is 8.61. The number of carbonyl (C=O) groups is 1. The van der Waals surface area contributed by atoms with Crippen LogP contribution in [0.1, 0.15) is 13.8 Å². The predicted octanol–water partition coefficient (Wildman–Crippen LogP) is 2.82. The number of amides is 1. The molecule has 0 saturated carbocycles. The van der Waals surface area contributed by atoms with E-state index in [2.05, 4.69) is 11.9 Å². The summed E-state index contributed by atoms with van der Waals surface area (Å²) < 4.78 is 10.8. The lowest BCUT2D eigenvalue weighted by atomic mass is 10.3. The molecule has 1 rings (SSSR count). The van der Waals surface area contributed by atoms with Gasteiger partial charge in [-0.25, -0.2) is 0 Å². The molecule has 1 aromatic carbocycles. The van der Waals surface area contributed by atoms with Gasteiger partial charge in [0, 0.05) is 11.6 Å². The summed E-state index contributed by atoms with van der Waals surface area (Å²) in [5, 5.41) is 3.37. The Kier molecular flexibility index (Phi) is 7.12. The monoisotopic (exact) mass is 297 g/mol. The molecule has 0 bridgehead atoms. The Bertz CT molecular complexity index is 445. The van der Waals surface area contributed by atoms with E-state index in [0.29, 0.717) is 30.5 Å². The Hall–Kier alpha value is -1.52. The SMILES string of the molecule is C=C(C)COCCNC(=O)C(C)Oc1ccc(Cl)cc1. The Labute approximate surface area is 124 Å². The molecule has 1 amide bonds. The molecule has 0 radical (unpaired) electrons. The van der Waals surface area contributed by atoms with Crippen molar-refractivity contribution in [2.75, 3.05) is 19.8 Å². The number of rotatable bonds is 8. The fourth-order valence-electron chi connectivity index (χ4n) is 1.41. The third kappa shape index (κ3) is 6.59. The molecule has 0 saturated heterocycles. The molecule has 1 N–H and O–H groups in total. The average molecular weight is 298 g/mol.